The molecule has 0 aliphatic rings. The molecule has 0 bridgehead atoms. The molecule has 1 unspecified atom stereocenters. The molecule has 100 valence electrons. The summed E-state index contributed by atoms with van der Waals surface area (Å²) in [5, 5.41) is 11.4. The van der Waals surface area contributed by atoms with Gasteiger partial charge in [0.25, 0.3) is 0 Å². The largest absolute Gasteiger partial charge is 0.385 e. The number of benzene rings is 2. The number of rotatable bonds is 3. The van der Waals surface area contributed by atoms with Crippen molar-refractivity contribution >= 4 is 11.6 Å². The molecule has 0 aromatic heterocycles. The maximum atomic E-state index is 10.8. The second-order valence-corrected chi connectivity index (χ2v) is 5.71. The Morgan fingerprint density at radius 2 is 1.58 bits per heavy atom. The molecule has 2 rings (SSSR count). The highest BCUT2D eigenvalue weighted by Crippen LogP contribution is 2.32. The van der Waals surface area contributed by atoms with Crippen molar-refractivity contribution in [2.75, 3.05) is 0 Å². The van der Waals surface area contributed by atoms with Gasteiger partial charge in [-0.3, -0.25) is 0 Å². The lowest BCUT2D eigenvalue weighted by Crippen LogP contribution is -2.25. The lowest BCUT2D eigenvalue weighted by Gasteiger charge is -2.26. The van der Waals surface area contributed by atoms with Crippen molar-refractivity contribution < 1.29 is 5.11 Å². The molecule has 19 heavy (non-hydrogen) atoms. The van der Waals surface area contributed by atoms with E-state index in [1.165, 1.54) is 16.7 Å². The van der Waals surface area contributed by atoms with Gasteiger partial charge in [0.1, 0.15) is 0 Å². The molecule has 2 heteroatoms. The van der Waals surface area contributed by atoms with Gasteiger partial charge in [-0.15, -0.1) is 0 Å². The van der Waals surface area contributed by atoms with Crippen molar-refractivity contribution in [1.29, 1.82) is 0 Å². The van der Waals surface area contributed by atoms with Crippen molar-refractivity contribution in [1.82, 2.24) is 0 Å². The summed E-state index contributed by atoms with van der Waals surface area (Å²) in [6.45, 7) is 5.97. The van der Waals surface area contributed by atoms with Crippen molar-refractivity contribution in [2.45, 2.75) is 32.8 Å². The van der Waals surface area contributed by atoms with Crippen LogP contribution >= 0.6 is 11.6 Å². The van der Waals surface area contributed by atoms with E-state index in [2.05, 4.69) is 26.0 Å². The zero-order valence-corrected chi connectivity index (χ0v) is 12.3. The SMILES string of the molecule is Cc1cccc(C)c1CC(C)(O)c1ccccc1Cl. The summed E-state index contributed by atoms with van der Waals surface area (Å²) in [6, 6.07) is 13.7. The van der Waals surface area contributed by atoms with Crippen molar-refractivity contribution in [2.24, 2.45) is 0 Å². The summed E-state index contributed by atoms with van der Waals surface area (Å²) in [5.74, 6) is 0. The van der Waals surface area contributed by atoms with Crippen LogP contribution in [0.15, 0.2) is 42.5 Å². The third-order valence-electron chi connectivity index (χ3n) is 3.62. The zero-order valence-electron chi connectivity index (χ0n) is 11.6. The van der Waals surface area contributed by atoms with E-state index in [1.54, 1.807) is 0 Å². The van der Waals surface area contributed by atoms with Crippen molar-refractivity contribution in [3.05, 3.63) is 69.7 Å². The van der Waals surface area contributed by atoms with Crippen molar-refractivity contribution in [3.63, 3.8) is 0 Å². The summed E-state index contributed by atoms with van der Waals surface area (Å²) in [7, 11) is 0. The topological polar surface area (TPSA) is 20.2 Å². The van der Waals surface area contributed by atoms with Gasteiger partial charge >= 0.3 is 0 Å². The molecule has 0 aliphatic carbocycles. The molecule has 0 spiro atoms. The molecule has 0 saturated carbocycles. The lowest BCUT2D eigenvalue weighted by atomic mass is 9.86. The summed E-state index contributed by atoms with van der Waals surface area (Å²) in [5.41, 5.74) is 3.40. The van der Waals surface area contributed by atoms with Gasteiger partial charge < -0.3 is 5.11 Å². The molecule has 0 amide bonds. The standard InChI is InChI=1S/C17H19ClO/c1-12-7-6-8-13(2)14(12)11-17(3,19)15-9-4-5-10-16(15)18/h4-10,19H,11H2,1-3H3. The molecular formula is C17H19ClO. The number of hydrogen-bond acceptors (Lipinski definition) is 1. The van der Waals surface area contributed by atoms with Gasteiger partial charge in [-0.2, -0.15) is 0 Å². The van der Waals surface area contributed by atoms with Crippen LogP contribution < -0.4 is 0 Å². The summed E-state index contributed by atoms with van der Waals surface area (Å²) in [4.78, 5) is 0. The Hall–Kier alpha value is -1.31. The van der Waals surface area contributed by atoms with Crippen LogP contribution in [-0.4, -0.2) is 5.11 Å². The molecule has 2 aromatic rings. The third kappa shape index (κ3) is 2.99. The van der Waals surface area contributed by atoms with Gasteiger partial charge in [0.2, 0.25) is 0 Å². The van der Waals surface area contributed by atoms with Crippen LogP contribution in [0.25, 0.3) is 0 Å². The molecule has 1 atom stereocenters. The van der Waals surface area contributed by atoms with Crippen LogP contribution in [0.2, 0.25) is 5.02 Å². The maximum absolute atomic E-state index is 10.8. The monoisotopic (exact) mass is 274 g/mol. The lowest BCUT2D eigenvalue weighted by molar-refractivity contribution is 0.0574. The Morgan fingerprint density at radius 3 is 2.16 bits per heavy atom. The Morgan fingerprint density at radius 1 is 1.00 bits per heavy atom. The van der Waals surface area contributed by atoms with Crippen LogP contribution in [0.4, 0.5) is 0 Å². The predicted molar refractivity (Wildman–Crippen MR) is 80.6 cm³/mol. The van der Waals surface area contributed by atoms with Crippen LogP contribution in [0.5, 0.6) is 0 Å². The average molecular weight is 275 g/mol. The van der Waals surface area contributed by atoms with Gasteiger partial charge in [0.15, 0.2) is 0 Å². The quantitative estimate of drug-likeness (QED) is 0.879. The Kier molecular flexibility index (Phi) is 3.98. The van der Waals surface area contributed by atoms with E-state index in [0.29, 0.717) is 11.4 Å². The predicted octanol–water partition coefficient (Wildman–Crippen LogP) is 4.41. The number of halogens is 1. The van der Waals surface area contributed by atoms with E-state index < -0.39 is 5.60 Å². The molecule has 0 heterocycles. The van der Waals surface area contributed by atoms with Gasteiger partial charge in [0, 0.05) is 17.0 Å². The van der Waals surface area contributed by atoms with Gasteiger partial charge in [-0.1, -0.05) is 48.0 Å². The first kappa shape index (κ1) is 14.1. The highest BCUT2D eigenvalue weighted by Gasteiger charge is 2.27. The normalized spacial score (nSPS) is 14.2. The van der Waals surface area contributed by atoms with Crippen LogP contribution in [0.3, 0.4) is 0 Å². The van der Waals surface area contributed by atoms with Crippen LogP contribution in [0.1, 0.15) is 29.2 Å². The Bertz CT molecular complexity index is 567. The van der Waals surface area contributed by atoms with Gasteiger partial charge in [-0.25, -0.2) is 0 Å². The first-order valence-electron chi connectivity index (χ1n) is 6.44. The molecular weight excluding hydrogens is 256 g/mol. The van der Waals surface area contributed by atoms with E-state index in [9.17, 15) is 5.11 Å². The second kappa shape index (κ2) is 5.36. The van der Waals surface area contributed by atoms with E-state index in [-0.39, 0.29) is 0 Å². The molecule has 2 aromatic carbocycles. The molecule has 1 nitrogen and oxygen atoms in total. The highest BCUT2D eigenvalue weighted by molar-refractivity contribution is 6.31. The summed E-state index contributed by atoms with van der Waals surface area (Å²) < 4.78 is 0. The fraction of sp³-hybridized carbons (Fsp3) is 0.294. The number of hydrogen-bond donors (Lipinski definition) is 1. The minimum atomic E-state index is -0.963. The average Bonchev–Trinajstić information content (AvgIpc) is 2.34. The minimum absolute atomic E-state index is 0.565. The maximum Gasteiger partial charge on any atom is 0.0923 e. The Balaban J connectivity index is 2.39. The highest BCUT2D eigenvalue weighted by atomic mass is 35.5. The van der Waals surface area contributed by atoms with Gasteiger partial charge in [0.05, 0.1) is 5.60 Å². The molecule has 0 fully saturated rings. The second-order valence-electron chi connectivity index (χ2n) is 5.30. The molecule has 1 N–H and O–H groups in total. The summed E-state index contributed by atoms with van der Waals surface area (Å²) >= 11 is 6.19. The summed E-state index contributed by atoms with van der Waals surface area (Å²) in [6.07, 6.45) is 0.565. The molecule has 0 radical (unpaired) electrons. The zero-order chi connectivity index (χ0) is 14.0. The fourth-order valence-corrected chi connectivity index (χ4v) is 2.80. The van der Waals surface area contributed by atoms with E-state index in [4.69, 9.17) is 11.6 Å². The minimum Gasteiger partial charge on any atom is -0.385 e. The van der Waals surface area contributed by atoms with Crippen molar-refractivity contribution in [3.8, 4) is 0 Å². The van der Waals surface area contributed by atoms with E-state index in [0.717, 1.165) is 5.56 Å². The Labute approximate surface area is 119 Å². The molecule has 0 aliphatic heterocycles. The van der Waals surface area contributed by atoms with Gasteiger partial charge in [-0.05, 0) is 43.5 Å². The smallest absolute Gasteiger partial charge is 0.0923 e. The van der Waals surface area contributed by atoms with Crippen LogP contribution in [0, 0.1) is 13.8 Å². The van der Waals surface area contributed by atoms with E-state index >= 15 is 0 Å². The first-order valence-corrected chi connectivity index (χ1v) is 6.82. The first-order chi connectivity index (χ1) is 8.92. The fourth-order valence-electron chi connectivity index (χ4n) is 2.47. The number of aryl methyl sites for hydroxylation is 2. The third-order valence-corrected chi connectivity index (χ3v) is 3.95. The molecule has 0 saturated heterocycles. The van der Waals surface area contributed by atoms with Crippen LogP contribution in [-0.2, 0) is 12.0 Å². The number of aliphatic hydroxyl groups is 1. The van der Waals surface area contributed by atoms with E-state index in [1.807, 2.05) is 37.3 Å².